The normalized spacial score (nSPS) is 18.2. The van der Waals surface area contributed by atoms with Crippen LogP contribution in [0.4, 0.5) is 4.39 Å². The van der Waals surface area contributed by atoms with Crippen molar-refractivity contribution in [3.63, 3.8) is 0 Å². The van der Waals surface area contributed by atoms with Gasteiger partial charge in [-0.3, -0.25) is 9.78 Å². The van der Waals surface area contributed by atoms with E-state index >= 15 is 0 Å². The maximum atomic E-state index is 13.7. The second-order valence-electron chi connectivity index (χ2n) is 7.38. The summed E-state index contributed by atoms with van der Waals surface area (Å²) in [6.07, 6.45) is 3.75. The van der Waals surface area contributed by atoms with Crippen LogP contribution in [0.5, 0.6) is 0 Å². The molecule has 1 saturated carbocycles. The molecule has 4 rings (SSSR count). The van der Waals surface area contributed by atoms with Gasteiger partial charge in [0.2, 0.25) is 0 Å². The topological polar surface area (TPSA) is 54.0 Å². The Morgan fingerprint density at radius 1 is 0.900 bits per heavy atom. The molecule has 0 unspecified atom stereocenters. The van der Waals surface area contributed by atoms with E-state index in [1.165, 1.54) is 12.1 Å². The van der Waals surface area contributed by atoms with Gasteiger partial charge in [0.05, 0.1) is 16.8 Å². The molecule has 1 heterocycles. The maximum Gasteiger partial charge on any atom is 0.254 e. The van der Waals surface area contributed by atoms with Gasteiger partial charge in [0.15, 0.2) is 0 Å². The lowest BCUT2D eigenvalue weighted by Gasteiger charge is -2.29. The highest BCUT2D eigenvalue weighted by molar-refractivity contribution is 5.94. The largest absolute Gasteiger partial charge is 0.349 e. The molecule has 160 valence electrons. The van der Waals surface area contributed by atoms with Gasteiger partial charge in [0, 0.05) is 24.0 Å². The maximum absolute atomic E-state index is 13.7. The van der Waals surface area contributed by atoms with Crippen LogP contribution in [-0.4, -0.2) is 23.0 Å². The van der Waals surface area contributed by atoms with Crippen LogP contribution in [0.25, 0.3) is 10.9 Å². The van der Waals surface area contributed by atoms with Gasteiger partial charge in [-0.15, -0.1) is 24.8 Å². The molecule has 0 saturated heterocycles. The molecular formula is C23H26Cl2FN3O. The fourth-order valence-electron chi connectivity index (χ4n) is 3.81. The summed E-state index contributed by atoms with van der Waals surface area (Å²) in [7, 11) is 0. The Morgan fingerprint density at radius 3 is 2.33 bits per heavy atom. The van der Waals surface area contributed by atoms with Crippen LogP contribution >= 0.6 is 24.8 Å². The van der Waals surface area contributed by atoms with Gasteiger partial charge in [-0.25, -0.2) is 4.39 Å². The summed E-state index contributed by atoms with van der Waals surface area (Å²) in [5.74, 6) is -0.798. The third kappa shape index (κ3) is 5.91. The summed E-state index contributed by atoms with van der Waals surface area (Å²) in [6, 6.07) is 18.9. The number of benzene rings is 2. The van der Waals surface area contributed by atoms with E-state index in [2.05, 4.69) is 28.8 Å². The highest BCUT2D eigenvalue weighted by Crippen LogP contribution is 2.20. The minimum atomic E-state index is -0.474. The van der Waals surface area contributed by atoms with Crippen molar-refractivity contribution in [2.24, 2.45) is 0 Å². The van der Waals surface area contributed by atoms with Crippen molar-refractivity contribution < 1.29 is 9.18 Å². The summed E-state index contributed by atoms with van der Waals surface area (Å²) in [6.45, 7) is 0.738. The Hall–Kier alpha value is -2.21. The van der Waals surface area contributed by atoms with Crippen molar-refractivity contribution >= 4 is 41.6 Å². The molecule has 2 aromatic carbocycles. The number of halogens is 3. The van der Waals surface area contributed by atoms with E-state index in [1.54, 1.807) is 12.1 Å². The number of amides is 1. The van der Waals surface area contributed by atoms with Crippen molar-refractivity contribution in [2.45, 2.75) is 44.3 Å². The van der Waals surface area contributed by atoms with E-state index in [0.29, 0.717) is 6.04 Å². The van der Waals surface area contributed by atoms with Crippen LogP contribution in [0.3, 0.4) is 0 Å². The van der Waals surface area contributed by atoms with Gasteiger partial charge in [-0.1, -0.05) is 36.4 Å². The average Bonchev–Trinajstić information content (AvgIpc) is 2.73. The lowest BCUT2D eigenvalue weighted by molar-refractivity contribution is 0.0920. The molecule has 0 aliphatic heterocycles. The Balaban J connectivity index is 0.00000160. The van der Waals surface area contributed by atoms with Gasteiger partial charge in [-0.05, 0) is 49.9 Å². The van der Waals surface area contributed by atoms with Gasteiger partial charge in [-0.2, -0.15) is 0 Å². The first kappa shape index (κ1) is 24.1. The molecule has 30 heavy (non-hydrogen) atoms. The number of carbonyl (C=O) groups excluding carboxylic acids is 1. The first-order valence-electron chi connectivity index (χ1n) is 9.82. The Kier molecular flexibility index (Phi) is 9.03. The number of hydrogen-bond acceptors (Lipinski definition) is 3. The van der Waals surface area contributed by atoms with Crippen molar-refractivity contribution in [1.29, 1.82) is 0 Å². The summed E-state index contributed by atoms with van der Waals surface area (Å²) in [4.78, 5) is 17.0. The monoisotopic (exact) mass is 449 g/mol. The molecular weight excluding hydrogens is 424 g/mol. The number of nitrogens with one attached hydrogen (secondary N) is 2. The molecule has 0 radical (unpaired) electrons. The van der Waals surface area contributed by atoms with E-state index in [0.717, 1.165) is 48.8 Å². The first-order valence-corrected chi connectivity index (χ1v) is 9.82. The minimum Gasteiger partial charge on any atom is -0.349 e. The molecule has 7 heteroatoms. The number of pyridine rings is 1. The Morgan fingerprint density at radius 2 is 1.57 bits per heavy atom. The molecule has 1 aromatic heterocycles. The van der Waals surface area contributed by atoms with Gasteiger partial charge < -0.3 is 10.6 Å². The average molecular weight is 450 g/mol. The van der Waals surface area contributed by atoms with Crippen molar-refractivity contribution in [1.82, 2.24) is 15.6 Å². The quantitative estimate of drug-likeness (QED) is 0.572. The number of hydrogen-bond donors (Lipinski definition) is 2. The number of nitrogens with zero attached hydrogens (tertiary/aromatic N) is 1. The molecule has 0 bridgehead atoms. The molecule has 4 nitrogen and oxygen atoms in total. The SMILES string of the molecule is Cl.Cl.O=C(NC1CCC(NCc2ccc3ccccc3n2)CC1)c1ccccc1F. The number of rotatable bonds is 5. The van der Waals surface area contributed by atoms with Gasteiger partial charge in [0.1, 0.15) is 5.82 Å². The Labute approximate surface area is 188 Å². The zero-order chi connectivity index (χ0) is 19.3. The summed E-state index contributed by atoms with van der Waals surface area (Å²) in [5, 5.41) is 7.70. The van der Waals surface area contributed by atoms with Crippen molar-refractivity contribution in [2.75, 3.05) is 0 Å². The van der Waals surface area contributed by atoms with Crippen molar-refractivity contribution in [3.05, 3.63) is 77.7 Å². The fourth-order valence-corrected chi connectivity index (χ4v) is 3.81. The Bertz CT molecular complexity index is 977. The van der Waals surface area contributed by atoms with Crippen LogP contribution in [0, 0.1) is 5.82 Å². The number of aromatic nitrogens is 1. The predicted octanol–water partition coefficient (Wildman–Crippen LogP) is 5.05. The third-order valence-electron chi connectivity index (χ3n) is 5.41. The van der Waals surface area contributed by atoms with E-state index in [1.807, 2.05) is 18.2 Å². The number of fused-ring (bicyclic) bond motifs is 1. The van der Waals surface area contributed by atoms with Gasteiger partial charge >= 0.3 is 0 Å². The summed E-state index contributed by atoms with van der Waals surface area (Å²) < 4.78 is 13.7. The second kappa shape index (κ2) is 11.3. The van der Waals surface area contributed by atoms with E-state index in [9.17, 15) is 9.18 Å². The molecule has 1 fully saturated rings. The highest BCUT2D eigenvalue weighted by Gasteiger charge is 2.23. The molecule has 0 atom stereocenters. The molecule has 1 aliphatic carbocycles. The standard InChI is InChI=1S/C23H24FN3O.2ClH/c24-21-7-3-2-6-20(21)23(28)27-18-13-11-17(12-14-18)25-15-19-10-9-16-5-1-4-8-22(16)26-19;;/h1-10,17-18,25H,11-15H2,(H,27,28);2*1H. The third-order valence-corrected chi connectivity index (χ3v) is 5.41. The predicted molar refractivity (Wildman–Crippen MR) is 123 cm³/mol. The lowest BCUT2D eigenvalue weighted by atomic mass is 9.91. The van der Waals surface area contributed by atoms with Crippen LogP contribution in [0.2, 0.25) is 0 Å². The van der Waals surface area contributed by atoms with E-state index in [4.69, 9.17) is 4.98 Å². The highest BCUT2D eigenvalue weighted by atomic mass is 35.5. The van der Waals surface area contributed by atoms with Crippen LogP contribution in [0.15, 0.2) is 60.7 Å². The van der Waals surface area contributed by atoms with E-state index < -0.39 is 5.82 Å². The van der Waals surface area contributed by atoms with Crippen molar-refractivity contribution in [3.8, 4) is 0 Å². The van der Waals surface area contributed by atoms with Crippen LogP contribution in [-0.2, 0) is 6.54 Å². The van der Waals surface area contributed by atoms with Crippen LogP contribution < -0.4 is 10.6 Å². The zero-order valence-corrected chi connectivity index (χ0v) is 18.1. The van der Waals surface area contributed by atoms with Gasteiger partial charge in [0.25, 0.3) is 5.91 Å². The van der Waals surface area contributed by atoms with Crippen LogP contribution in [0.1, 0.15) is 41.7 Å². The number of para-hydroxylation sites is 1. The lowest BCUT2D eigenvalue weighted by Crippen LogP contribution is -2.42. The molecule has 2 N–H and O–H groups in total. The fraction of sp³-hybridized carbons (Fsp3) is 0.304. The summed E-state index contributed by atoms with van der Waals surface area (Å²) >= 11 is 0. The summed E-state index contributed by atoms with van der Waals surface area (Å²) in [5.41, 5.74) is 2.17. The molecule has 1 amide bonds. The molecule has 1 aliphatic rings. The second-order valence-corrected chi connectivity index (χ2v) is 7.38. The number of carbonyl (C=O) groups is 1. The molecule has 3 aromatic rings. The zero-order valence-electron chi connectivity index (χ0n) is 16.5. The smallest absolute Gasteiger partial charge is 0.254 e. The molecule has 0 spiro atoms. The van der Waals surface area contributed by atoms with E-state index in [-0.39, 0.29) is 42.3 Å². The minimum absolute atomic E-state index is 0. The first-order chi connectivity index (χ1) is 13.7.